The summed E-state index contributed by atoms with van der Waals surface area (Å²) in [4.78, 5) is 16.7. The van der Waals surface area contributed by atoms with Crippen LogP contribution in [0.3, 0.4) is 0 Å². The van der Waals surface area contributed by atoms with Crippen molar-refractivity contribution in [1.82, 2.24) is 14.1 Å². The summed E-state index contributed by atoms with van der Waals surface area (Å²) in [6.45, 7) is 8.57. The predicted molar refractivity (Wildman–Crippen MR) is 100 cm³/mol. The van der Waals surface area contributed by atoms with Gasteiger partial charge >= 0.3 is 0 Å². The first kappa shape index (κ1) is 16.8. The Morgan fingerprint density at radius 2 is 1.88 bits per heavy atom. The molecule has 0 saturated heterocycles. The molecule has 3 rings (SSSR count). The Kier molecular flexibility index (Phi) is 4.58. The zero-order valence-corrected chi connectivity index (χ0v) is 15.0. The Morgan fingerprint density at radius 3 is 2.56 bits per heavy atom. The van der Waals surface area contributed by atoms with E-state index in [0.29, 0.717) is 6.54 Å². The van der Waals surface area contributed by atoms with Crippen molar-refractivity contribution in [2.45, 2.75) is 34.2 Å². The summed E-state index contributed by atoms with van der Waals surface area (Å²) in [6.07, 6.45) is 1.81. The molecule has 0 saturated carbocycles. The number of aryl methyl sites for hydroxylation is 3. The fraction of sp³-hybridized carbons (Fsp3) is 0.238. The molecule has 0 aliphatic rings. The highest BCUT2D eigenvalue weighted by molar-refractivity contribution is 5.46. The van der Waals surface area contributed by atoms with Gasteiger partial charge in [0.25, 0.3) is 5.56 Å². The van der Waals surface area contributed by atoms with Gasteiger partial charge in [0.05, 0.1) is 11.4 Å². The third kappa shape index (κ3) is 3.41. The Bertz CT molecular complexity index is 1040. The molecule has 4 nitrogen and oxygen atoms in total. The van der Waals surface area contributed by atoms with Crippen LogP contribution < -0.4 is 5.56 Å². The van der Waals surface area contributed by atoms with Gasteiger partial charge in [-0.25, -0.2) is 4.98 Å². The second kappa shape index (κ2) is 6.82. The van der Waals surface area contributed by atoms with Gasteiger partial charge in [0, 0.05) is 24.4 Å². The van der Waals surface area contributed by atoms with Crippen molar-refractivity contribution in [3.8, 4) is 17.5 Å². The van der Waals surface area contributed by atoms with Crippen LogP contribution in [0.1, 0.15) is 35.3 Å². The van der Waals surface area contributed by atoms with E-state index in [1.165, 1.54) is 5.56 Å². The summed E-state index contributed by atoms with van der Waals surface area (Å²) in [5.41, 5.74) is 4.63. The van der Waals surface area contributed by atoms with E-state index in [1.54, 1.807) is 10.6 Å². The van der Waals surface area contributed by atoms with E-state index >= 15 is 0 Å². The summed E-state index contributed by atoms with van der Waals surface area (Å²) in [5, 5.41) is 0. The molecule has 126 valence electrons. The molecular formula is C21H21N3O. The number of aromatic nitrogens is 3. The molecule has 1 aromatic carbocycles. The molecule has 0 N–H and O–H groups in total. The van der Waals surface area contributed by atoms with Gasteiger partial charge in [0.2, 0.25) is 0 Å². The molecular weight excluding hydrogens is 310 g/mol. The van der Waals surface area contributed by atoms with Crippen molar-refractivity contribution >= 4 is 0 Å². The van der Waals surface area contributed by atoms with E-state index < -0.39 is 0 Å². The maximum Gasteiger partial charge on any atom is 0.252 e. The van der Waals surface area contributed by atoms with Gasteiger partial charge in [-0.3, -0.25) is 9.36 Å². The first-order valence-electron chi connectivity index (χ1n) is 8.35. The molecule has 4 heteroatoms. The standard InChI is InChI=1S/C21H21N3O/c1-5-23-12-11-19(14-21(23)25)24-16(3)20(22-17(24)4)10-9-18-8-6-7-15(2)13-18/h6-8,11-14H,5H2,1-4H3. The van der Waals surface area contributed by atoms with E-state index in [9.17, 15) is 4.79 Å². The second-order valence-corrected chi connectivity index (χ2v) is 6.06. The minimum absolute atomic E-state index is 0.0140. The summed E-state index contributed by atoms with van der Waals surface area (Å²) in [6, 6.07) is 11.7. The zero-order chi connectivity index (χ0) is 18.0. The maximum absolute atomic E-state index is 12.1. The smallest absolute Gasteiger partial charge is 0.252 e. The van der Waals surface area contributed by atoms with Crippen molar-refractivity contribution < 1.29 is 0 Å². The van der Waals surface area contributed by atoms with Crippen molar-refractivity contribution in [3.05, 3.63) is 81.3 Å². The molecule has 0 fully saturated rings. The zero-order valence-electron chi connectivity index (χ0n) is 15.0. The molecule has 0 unspecified atom stereocenters. The van der Waals surface area contributed by atoms with Gasteiger partial charge in [-0.15, -0.1) is 0 Å². The van der Waals surface area contributed by atoms with Crippen molar-refractivity contribution in [3.63, 3.8) is 0 Å². The molecule has 2 aromatic heterocycles. The fourth-order valence-electron chi connectivity index (χ4n) is 2.89. The first-order valence-corrected chi connectivity index (χ1v) is 8.35. The molecule has 0 bridgehead atoms. The maximum atomic E-state index is 12.1. The van der Waals surface area contributed by atoms with Crippen LogP contribution in [0.4, 0.5) is 0 Å². The lowest BCUT2D eigenvalue weighted by Gasteiger charge is -2.09. The van der Waals surface area contributed by atoms with Gasteiger partial charge in [-0.05, 0) is 57.4 Å². The molecule has 0 atom stereocenters. The van der Waals surface area contributed by atoms with Crippen molar-refractivity contribution in [2.24, 2.45) is 0 Å². The third-order valence-corrected chi connectivity index (χ3v) is 4.20. The van der Waals surface area contributed by atoms with Crippen LogP contribution in [0.15, 0.2) is 47.4 Å². The molecule has 0 radical (unpaired) electrons. The number of nitrogens with zero attached hydrogens (tertiary/aromatic N) is 3. The van der Waals surface area contributed by atoms with E-state index in [0.717, 1.165) is 28.5 Å². The van der Waals surface area contributed by atoms with Gasteiger partial charge in [0.15, 0.2) is 0 Å². The molecule has 0 spiro atoms. The molecule has 3 aromatic rings. The predicted octanol–water partition coefficient (Wildman–Crippen LogP) is 3.38. The number of benzene rings is 1. The van der Waals surface area contributed by atoms with Gasteiger partial charge in [-0.2, -0.15) is 0 Å². The molecule has 2 heterocycles. The van der Waals surface area contributed by atoms with E-state index in [-0.39, 0.29) is 5.56 Å². The Balaban J connectivity index is 2.02. The lowest BCUT2D eigenvalue weighted by molar-refractivity contribution is 0.723. The van der Waals surface area contributed by atoms with Gasteiger partial charge in [0.1, 0.15) is 11.5 Å². The van der Waals surface area contributed by atoms with Crippen LogP contribution in [0, 0.1) is 32.6 Å². The van der Waals surface area contributed by atoms with E-state index in [4.69, 9.17) is 0 Å². The largest absolute Gasteiger partial charge is 0.316 e. The SMILES string of the molecule is CCn1ccc(-n2c(C)nc(C#Cc3cccc(C)c3)c2C)cc1=O. The van der Waals surface area contributed by atoms with E-state index in [2.05, 4.69) is 22.9 Å². The average molecular weight is 331 g/mol. The Morgan fingerprint density at radius 1 is 1.08 bits per heavy atom. The molecule has 0 aliphatic carbocycles. The lowest BCUT2D eigenvalue weighted by Crippen LogP contribution is -2.18. The monoisotopic (exact) mass is 331 g/mol. The highest BCUT2D eigenvalue weighted by Gasteiger charge is 2.11. The van der Waals surface area contributed by atoms with Gasteiger partial charge < -0.3 is 4.57 Å². The minimum atomic E-state index is -0.0140. The molecule has 0 amide bonds. The quantitative estimate of drug-likeness (QED) is 0.675. The first-order chi connectivity index (χ1) is 12.0. The number of hydrogen-bond acceptors (Lipinski definition) is 2. The van der Waals surface area contributed by atoms with Crippen LogP contribution in [0.2, 0.25) is 0 Å². The van der Waals surface area contributed by atoms with Crippen molar-refractivity contribution in [2.75, 3.05) is 0 Å². The summed E-state index contributed by atoms with van der Waals surface area (Å²) in [7, 11) is 0. The van der Waals surface area contributed by atoms with Crippen LogP contribution in [-0.4, -0.2) is 14.1 Å². The minimum Gasteiger partial charge on any atom is -0.316 e. The third-order valence-electron chi connectivity index (χ3n) is 4.20. The lowest BCUT2D eigenvalue weighted by atomic mass is 10.1. The number of imidazole rings is 1. The molecule has 0 aliphatic heterocycles. The fourth-order valence-corrected chi connectivity index (χ4v) is 2.89. The van der Waals surface area contributed by atoms with E-state index in [1.807, 2.05) is 62.7 Å². The highest BCUT2D eigenvalue weighted by atomic mass is 16.1. The van der Waals surface area contributed by atoms with Crippen LogP contribution in [0.5, 0.6) is 0 Å². The van der Waals surface area contributed by atoms with Crippen molar-refractivity contribution in [1.29, 1.82) is 0 Å². The van der Waals surface area contributed by atoms with Gasteiger partial charge in [-0.1, -0.05) is 18.1 Å². The van der Waals surface area contributed by atoms with Crippen LogP contribution in [-0.2, 0) is 6.54 Å². The number of hydrogen-bond donors (Lipinski definition) is 0. The highest BCUT2D eigenvalue weighted by Crippen LogP contribution is 2.16. The number of rotatable bonds is 2. The molecule has 25 heavy (non-hydrogen) atoms. The topological polar surface area (TPSA) is 39.8 Å². The Labute approximate surface area is 147 Å². The Hall–Kier alpha value is -3.06. The normalized spacial score (nSPS) is 10.4. The second-order valence-electron chi connectivity index (χ2n) is 6.06. The summed E-state index contributed by atoms with van der Waals surface area (Å²) >= 11 is 0. The summed E-state index contributed by atoms with van der Waals surface area (Å²) < 4.78 is 3.64. The average Bonchev–Trinajstić information content (AvgIpc) is 2.87. The van der Waals surface area contributed by atoms with Crippen LogP contribution >= 0.6 is 0 Å². The van der Waals surface area contributed by atoms with Crippen LogP contribution in [0.25, 0.3) is 5.69 Å². The summed E-state index contributed by atoms with van der Waals surface area (Å²) in [5.74, 6) is 7.15. The number of pyridine rings is 1.